The third-order valence-electron chi connectivity index (χ3n) is 1.78. The van der Waals surface area contributed by atoms with Crippen LogP contribution in [0.2, 0.25) is 0 Å². The Morgan fingerprint density at radius 3 is 2.80 bits per heavy atom. The first-order valence-electron chi connectivity index (χ1n) is 4.69. The average Bonchev–Trinajstić information content (AvgIpc) is 2.25. The summed E-state index contributed by atoms with van der Waals surface area (Å²) in [6.07, 6.45) is 0.736. The molecule has 0 radical (unpaired) electrons. The SMILES string of the molecule is OCCCSNc1cccc(B(O)O)c1. The normalized spacial score (nSPS) is 10.1. The summed E-state index contributed by atoms with van der Waals surface area (Å²) in [5.41, 5.74) is 1.28. The van der Waals surface area contributed by atoms with Crippen LogP contribution in [0.1, 0.15) is 6.42 Å². The summed E-state index contributed by atoms with van der Waals surface area (Å²) in [5.74, 6) is 0.808. The molecule has 4 nitrogen and oxygen atoms in total. The largest absolute Gasteiger partial charge is 0.488 e. The van der Waals surface area contributed by atoms with Gasteiger partial charge in [-0.3, -0.25) is 0 Å². The standard InChI is InChI=1S/C9H14BNO3S/c12-5-2-6-15-11-9-4-1-3-8(7-9)10(13)14/h1,3-4,7,11-14H,2,5-6H2. The van der Waals surface area contributed by atoms with Crippen LogP contribution < -0.4 is 10.2 Å². The lowest BCUT2D eigenvalue weighted by Crippen LogP contribution is -2.29. The first-order chi connectivity index (χ1) is 7.24. The van der Waals surface area contributed by atoms with Crippen molar-refractivity contribution in [3.8, 4) is 0 Å². The Morgan fingerprint density at radius 2 is 2.13 bits per heavy atom. The van der Waals surface area contributed by atoms with Crippen LogP contribution in [0.4, 0.5) is 5.69 Å². The summed E-state index contributed by atoms with van der Waals surface area (Å²) in [6, 6.07) is 6.92. The van der Waals surface area contributed by atoms with E-state index in [1.54, 1.807) is 18.2 Å². The van der Waals surface area contributed by atoms with Gasteiger partial charge in [-0.25, -0.2) is 0 Å². The number of benzene rings is 1. The van der Waals surface area contributed by atoms with Crippen LogP contribution in [0.15, 0.2) is 24.3 Å². The molecule has 1 aromatic carbocycles. The second kappa shape index (κ2) is 6.74. The lowest BCUT2D eigenvalue weighted by atomic mass is 9.80. The Labute approximate surface area is 93.6 Å². The fraction of sp³-hybridized carbons (Fsp3) is 0.333. The predicted molar refractivity (Wildman–Crippen MR) is 64.1 cm³/mol. The third-order valence-corrected chi connectivity index (χ3v) is 2.65. The number of hydrogen-bond acceptors (Lipinski definition) is 5. The van der Waals surface area contributed by atoms with Crippen molar-refractivity contribution < 1.29 is 15.2 Å². The molecule has 0 fully saturated rings. The van der Waals surface area contributed by atoms with Gasteiger partial charge in [0, 0.05) is 18.0 Å². The minimum absolute atomic E-state index is 0.185. The molecular formula is C9H14BNO3S. The molecular weight excluding hydrogens is 213 g/mol. The molecule has 0 aliphatic heterocycles. The van der Waals surface area contributed by atoms with Crippen LogP contribution in [0.5, 0.6) is 0 Å². The zero-order valence-electron chi connectivity index (χ0n) is 8.26. The van der Waals surface area contributed by atoms with Crippen LogP contribution >= 0.6 is 11.9 Å². The molecule has 0 saturated heterocycles. The second-order valence-corrected chi connectivity index (χ2v) is 3.93. The van der Waals surface area contributed by atoms with Crippen LogP contribution in [-0.4, -0.2) is 34.6 Å². The number of hydrogen-bond donors (Lipinski definition) is 4. The van der Waals surface area contributed by atoms with Crippen LogP contribution in [-0.2, 0) is 0 Å². The van der Waals surface area contributed by atoms with Gasteiger partial charge in [0.2, 0.25) is 0 Å². The summed E-state index contributed by atoms with van der Waals surface area (Å²) < 4.78 is 3.06. The van der Waals surface area contributed by atoms with Gasteiger partial charge in [-0.05, 0) is 24.0 Å². The molecule has 1 rings (SSSR count). The number of rotatable bonds is 6. The van der Waals surface area contributed by atoms with Crippen molar-refractivity contribution >= 4 is 30.2 Å². The molecule has 0 aliphatic rings. The molecule has 0 spiro atoms. The number of aliphatic hydroxyl groups excluding tert-OH is 1. The average molecular weight is 227 g/mol. The topological polar surface area (TPSA) is 72.7 Å². The maximum atomic E-state index is 8.95. The van der Waals surface area contributed by atoms with E-state index in [1.807, 2.05) is 6.07 Å². The van der Waals surface area contributed by atoms with Crippen molar-refractivity contribution in [3.63, 3.8) is 0 Å². The first kappa shape index (κ1) is 12.4. The molecule has 0 heterocycles. The Bertz CT molecular complexity index is 298. The molecule has 0 amide bonds. The van der Waals surface area contributed by atoms with Crippen LogP contribution in [0.3, 0.4) is 0 Å². The molecule has 82 valence electrons. The van der Waals surface area contributed by atoms with Gasteiger partial charge in [0.25, 0.3) is 0 Å². The lowest BCUT2D eigenvalue weighted by Gasteiger charge is -2.06. The van der Waals surface area contributed by atoms with Gasteiger partial charge in [0.1, 0.15) is 0 Å². The van der Waals surface area contributed by atoms with Crippen molar-refractivity contribution in [1.29, 1.82) is 0 Å². The Hall–Kier alpha value is -0.685. The van der Waals surface area contributed by atoms with Crippen molar-refractivity contribution in [2.75, 3.05) is 17.1 Å². The van der Waals surface area contributed by atoms with Gasteiger partial charge in [0.05, 0.1) is 0 Å². The zero-order valence-corrected chi connectivity index (χ0v) is 9.07. The van der Waals surface area contributed by atoms with E-state index in [9.17, 15) is 0 Å². The van der Waals surface area contributed by atoms with Gasteiger partial charge in [0.15, 0.2) is 0 Å². The highest BCUT2D eigenvalue weighted by Crippen LogP contribution is 2.11. The molecule has 0 unspecified atom stereocenters. The summed E-state index contributed by atoms with van der Waals surface area (Å²) in [6.45, 7) is 0.185. The van der Waals surface area contributed by atoms with Gasteiger partial charge in [-0.2, -0.15) is 0 Å². The zero-order chi connectivity index (χ0) is 11.1. The number of aliphatic hydroxyl groups is 1. The van der Waals surface area contributed by atoms with E-state index >= 15 is 0 Å². The van der Waals surface area contributed by atoms with Crippen molar-refractivity contribution in [3.05, 3.63) is 24.3 Å². The molecule has 1 aromatic rings. The van der Waals surface area contributed by atoms with Crippen LogP contribution in [0.25, 0.3) is 0 Å². The molecule has 6 heteroatoms. The minimum Gasteiger partial charge on any atom is -0.423 e. The third kappa shape index (κ3) is 4.57. The minimum atomic E-state index is -1.44. The van der Waals surface area contributed by atoms with Gasteiger partial charge >= 0.3 is 7.12 Å². The Morgan fingerprint density at radius 1 is 1.33 bits per heavy atom. The van der Waals surface area contributed by atoms with E-state index in [0.29, 0.717) is 5.46 Å². The molecule has 0 saturated carbocycles. The Kier molecular flexibility index (Phi) is 5.56. The maximum absolute atomic E-state index is 8.95. The van der Waals surface area contributed by atoms with E-state index in [-0.39, 0.29) is 6.61 Å². The highest BCUT2D eigenvalue weighted by Gasteiger charge is 2.10. The molecule has 0 aliphatic carbocycles. The number of nitrogens with one attached hydrogen (secondary N) is 1. The van der Waals surface area contributed by atoms with Gasteiger partial charge < -0.3 is 19.9 Å². The first-order valence-corrected chi connectivity index (χ1v) is 5.67. The second-order valence-electron chi connectivity index (χ2n) is 3.03. The van der Waals surface area contributed by atoms with E-state index in [4.69, 9.17) is 15.2 Å². The van der Waals surface area contributed by atoms with Crippen molar-refractivity contribution in [1.82, 2.24) is 0 Å². The molecule has 0 aromatic heterocycles. The smallest absolute Gasteiger partial charge is 0.423 e. The lowest BCUT2D eigenvalue weighted by molar-refractivity contribution is 0.296. The molecule has 4 N–H and O–H groups in total. The summed E-state index contributed by atoms with van der Waals surface area (Å²) >= 11 is 1.48. The van der Waals surface area contributed by atoms with Crippen molar-refractivity contribution in [2.45, 2.75) is 6.42 Å². The quantitative estimate of drug-likeness (QED) is 0.308. The highest BCUT2D eigenvalue weighted by atomic mass is 32.2. The summed E-state index contributed by atoms with van der Waals surface area (Å²) in [4.78, 5) is 0. The van der Waals surface area contributed by atoms with Crippen LogP contribution in [0, 0.1) is 0 Å². The van der Waals surface area contributed by atoms with Gasteiger partial charge in [-0.1, -0.05) is 24.1 Å². The Balaban J connectivity index is 2.43. The molecule has 15 heavy (non-hydrogen) atoms. The summed E-state index contributed by atoms with van der Waals surface area (Å²) in [5, 5.41) is 26.5. The molecule has 0 bridgehead atoms. The fourth-order valence-corrected chi connectivity index (χ4v) is 1.70. The maximum Gasteiger partial charge on any atom is 0.488 e. The van der Waals surface area contributed by atoms with E-state index in [0.717, 1.165) is 17.9 Å². The molecule has 0 atom stereocenters. The predicted octanol–water partition coefficient (Wildman–Crippen LogP) is -0.191. The fourth-order valence-electron chi connectivity index (χ4n) is 1.03. The number of anilines is 1. The van der Waals surface area contributed by atoms with E-state index < -0.39 is 7.12 Å². The monoisotopic (exact) mass is 227 g/mol. The van der Waals surface area contributed by atoms with Crippen molar-refractivity contribution in [2.24, 2.45) is 0 Å². The summed E-state index contributed by atoms with van der Waals surface area (Å²) in [7, 11) is -1.44. The van der Waals surface area contributed by atoms with E-state index in [1.165, 1.54) is 11.9 Å². The highest BCUT2D eigenvalue weighted by molar-refractivity contribution is 8.00. The van der Waals surface area contributed by atoms with E-state index in [2.05, 4.69) is 4.72 Å². The van der Waals surface area contributed by atoms with Gasteiger partial charge in [-0.15, -0.1) is 0 Å².